The van der Waals surface area contributed by atoms with Crippen molar-refractivity contribution in [3.8, 4) is 0 Å². The molecular weight excluding hydrogens is 246 g/mol. The van der Waals surface area contributed by atoms with Crippen molar-refractivity contribution in [3.05, 3.63) is 35.9 Å². The minimum Gasteiger partial charge on any atom is -0.381 e. The second kappa shape index (κ2) is 6.28. The molecule has 1 N–H and O–H groups in total. The standard InChI is InChI=1S/C18H27NO/c1-2-10-19-14-18(8-11-20-12-9-18)17-13-16(17)15-6-4-3-5-7-15/h3-7,16-17,19H,2,8-14H2,1H3. The van der Waals surface area contributed by atoms with E-state index in [1.54, 1.807) is 5.56 Å². The Morgan fingerprint density at radius 1 is 1.20 bits per heavy atom. The first-order valence-electron chi connectivity index (χ1n) is 8.19. The van der Waals surface area contributed by atoms with Crippen LogP contribution < -0.4 is 5.32 Å². The molecule has 1 aromatic rings. The number of benzene rings is 1. The maximum Gasteiger partial charge on any atom is 0.0471 e. The van der Waals surface area contributed by atoms with E-state index in [2.05, 4.69) is 42.6 Å². The smallest absolute Gasteiger partial charge is 0.0471 e. The van der Waals surface area contributed by atoms with Crippen LogP contribution in [0.25, 0.3) is 0 Å². The van der Waals surface area contributed by atoms with E-state index in [0.717, 1.165) is 31.6 Å². The van der Waals surface area contributed by atoms with Gasteiger partial charge in [-0.05, 0) is 55.0 Å². The molecule has 1 heterocycles. The Morgan fingerprint density at radius 3 is 2.65 bits per heavy atom. The van der Waals surface area contributed by atoms with Crippen molar-refractivity contribution in [3.63, 3.8) is 0 Å². The average molecular weight is 273 g/mol. The first-order chi connectivity index (χ1) is 9.86. The van der Waals surface area contributed by atoms with Crippen LogP contribution in [0.15, 0.2) is 30.3 Å². The number of rotatable bonds is 6. The molecule has 0 spiro atoms. The quantitative estimate of drug-likeness (QED) is 0.800. The fourth-order valence-electron chi connectivity index (χ4n) is 3.91. The molecule has 1 saturated heterocycles. The van der Waals surface area contributed by atoms with Gasteiger partial charge in [-0.1, -0.05) is 37.3 Å². The van der Waals surface area contributed by atoms with Crippen LogP contribution in [0.4, 0.5) is 0 Å². The Labute approximate surface area is 122 Å². The van der Waals surface area contributed by atoms with Crippen LogP contribution in [0.1, 0.15) is 44.1 Å². The molecule has 110 valence electrons. The highest BCUT2D eigenvalue weighted by molar-refractivity contribution is 5.27. The minimum atomic E-state index is 0.480. The molecule has 2 nitrogen and oxygen atoms in total. The van der Waals surface area contributed by atoms with E-state index in [0.29, 0.717) is 5.41 Å². The average Bonchev–Trinajstić information content (AvgIpc) is 3.31. The van der Waals surface area contributed by atoms with E-state index in [9.17, 15) is 0 Å². The molecule has 3 rings (SSSR count). The molecule has 0 amide bonds. The summed E-state index contributed by atoms with van der Waals surface area (Å²) >= 11 is 0. The summed E-state index contributed by atoms with van der Waals surface area (Å²) in [4.78, 5) is 0. The zero-order chi connectivity index (χ0) is 13.8. The summed E-state index contributed by atoms with van der Waals surface area (Å²) in [7, 11) is 0. The Morgan fingerprint density at radius 2 is 1.95 bits per heavy atom. The third-order valence-corrected chi connectivity index (χ3v) is 5.20. The van der Waals surface area contributed by atoms with Gasteiger partial charge in [0.25, 0.3) is 0 Å². The number of ether oxygens (including phenoxy) is 1. The summed E-state index contributed by atoms with van der Waals surface area (Å²) in [6.45, 7) is 6.47. The molecule has 0 radical (unpaired) electrons. The minimum absolute atomic E-state index is 0.480. The van der Waals surface area contributed by atoms with Crippen LogP contribution in [-0.2, 0) is 4.74 Å². The Hall–Kier alpha value is -0.860. The molecule has 1 aliphatic heterocycles. The van der Waals surface area contributed by atoms with Gasteiger partial charge in [0.1, 0.15) is 0 Å². The summed E-state index contributed by atoms with van der Waals surface area (Å²) in [6, 6.07) is 11.1. The summed E-state index contributed by atoms with van der Waals surface area (Å²) < 4.78 is 5.62. The zero-order valence-electron chi connectivity index (χ0n) is 12.6. The van der Waals surface area contributed by atoms with E-state index in [1.807, 2.05) is 0 Å². The van der Waals surface area contributed by atoms with Crippen LogP contribution in [0, 0.1) is 11.3 Å². The number of hydrogen-bond donors (Lipinski definition) is 1. The predicted octanol–water partition coefficient (Wildman–Crippen LogP) is 3.59. The van der Waals surface area contributed by atoms with Gasteiger partial charge in [-0.3, -0.25) is 0 Å². The fraction of sp³-hybridized carbons (Fsp3) is 0.667. The van der Waals surface area contributed by atoms with Crippen LogP contribution in [0.5, 0.6) is 0 Å². The van der Waals surface area contributed by atoms with Gasteiger partial charge >= 0.3 is 0 Å². The second-order valence-corrected chi connectivity index (χ2v) is 6.51. The Bertz CT molecular complexity index is 411. The van der Waals surface area contributed by atoms with Gasteiger partial charge in [-0.25, -0.2) is 0 Å². The molecule has 0 bridgehead atoms. The van der Waals surface area contributed by atoms with Crippen molar-refractivity contribution in [2.75, 3.05) is 26.3 Å². The molecule has 20 heavy (non-hydrogen) atoms. The first kappa shape index (κ1) is 14.1. The van der Waals surface area contributed by atoms with E-state index in [1.165, 1.54) is 32.2 Å². The lowest BCUT2D eigenvalue weighted by molar-refractivity contribution is 0.00201. The van der Waals surface area contributed by atoms with Crippen LogP contribution in [0.2, 0.25) is 0 Å². The monoisotopic (exact) mass is 273 g/mol. The van der Waals surface area contributed by atoms with Gasteiger partial charge in [0.2, 0.25) is 0 Å². The molecule has 1 aromatic carbocycles. The maximum absolute atomic E-state index is 5.62. The normalized spacial score (nSPS) is 28.2. The molecule has 2 atom stereocenters. The van der Waals surface area contributed by atoms with E-state index in [-0.39, 0.29) is 0 Å². The highest BCUT2D eigenvalue weighted by Crippen LogP contribution is 2.60. The van der Waals surface area contributed by atoms with E-state index >= 15 is 0 Å². The van der Waals surface area contributed by atoms with Crippen LogP contribution in [-0.4, -0.2) is 26.3 Å². The highest BCUT2D eigenvalue weighted by Gasteiger charge is 2.52. The van der Waals surface area contributed by atoms with Crippen LogP contribution in [0.3, 0.4) is 0 Å². The fourth-order valence-corrected chi connectivity index (χ4v) is 3.91. The number of nitrogens with one attached hydrogen (secondary N) is 1. The van der Waals surface area contributed by atoms with Crippen LogP contribution >= 0.6 is 0 Å². The molecular formula is C18H27NO. The molecule has 2 heteroatoms. The van der Waals surface area contributed by atoms with Gasteiger partial charge in [0, 0.05) is 19.8 Å². The second-order valence-electron chi connectivity index (χ2n) is 6.51. The molecule has 1 aliphatic carbocycles. The van der Waals surface area contributed by atoms with Gasteiger partial charge in [-0.2, -0.15) is 0 Å². The van der Waals surface area contributed by atoms with E-state index < -0.39 is 0 Å². The summed E-state index contributed by atoms with van der Waals surface area (Å²) in [5.41, 5.74) is 2.02. The van der Waals surface area contributed by atoms with Gasteiger partial charge in [0.15, 0.2) is 0 Å². The van der Waals surface area contributed by atoms with E-state index in [4.69, 9.17) is 4.74 Å². The zero-order valence-corrected chi connectivity index (χ0v) is 12.6. The van der Waals surface area contributed by atoms with Crippen molar-refractivity contribution < 1.29 is 4.74 Å². The molecule has 2 fully saturated rings. The summed E-state index contributed by atoms with van der Waals surface area (Å²) in [6.07, 6.45) is 5.06. The molecule has 2 unspecified atom stereocenters. The molecule has 0 aromatic heterocycles. The third-order valence-electron chi connectivity index (χ3n) is 5.20. The predicted molar refractivity (Wildman–Crippen MR) is 82.9 cm³/mol. The van der Waals surface area contributed by atoms with Crippen molar-refractivity contribution in [1.82, 2.24) is 5.32 Å². The number of hydrogen-bond acceptors (Lipinski definition) is 2. The summed E-state index contributed by atoms with van der Waals surface area (Å²) in [5.74, 6) is 1.65. The lowest BCUT2D eigenvalue weighted by atomic mass is 9.74. The SMILES string of the molecule is CCCNCC1(C2CC2c2ccccc2)CCOCC1. The Balaban J connectivity index is 1.68. The first-order valence-corrected chi connectivity index (χ1v) is 8.19. The highest BCUT2D eigenvalue weighted by atomic mass is 16.5. The lowest BCUT2D eigenvalue weighted by Gasteiger charge is -2.38. The van der Waals surface area contributed by atoms with Gasteiger partial charge < -0.3 is 10.1 Å². The third kappa shape index (κ3) is 2.91. The van der Waals surface area contributed by atoms with Gasteiger partial charge in [0.05, 0.1) is 0 Å². The lowest BCUT2D eigenvalue weighted by Crippen LogP contribution is -2.41. The van der Waals surface area contributed by atoms with Crippen molar-refractivity contribution in [1.29, 1.82) is 0 Å². The largest absolute Gasteiger partial charge is 0.381 e. The summed E-state index contributed by atoms with van der Waals surface area (Å²) in [5, 5.41) is 3.68. The van der Waals surface area contributed by atoms with Gasteiger partial charge in [-0.15, -0.1) is 0 Å². The topological polar surface area (TPSA) is 21.3 Å². The van der Waals surface area contributed by atoms with Crippen molar-refractivity contribution >= 4 is 0 Å². The Kier molecular flexibility index (Phi) is 4.42. The van der Waals surface area contributed by atoms with Crippen molar-refractivity contribution in [2.24, 2.45) is 11.3 Å². The molecule has 1 saturated carbocycles. The molecule has 2 aliphatic rings. The van der Waals surface area contributed by atoms with Crippen molar-refractivity contribution in [2.45, 2.75) is 38.5 Å². The maximum atomic E-state index is 5.62.